The number of fused-ring (bicyclic) bond motifs is 1. The molecule has 0 atom stereocenters. The van der Waals surface area contributed by atoms with Crippen LogP contribution in [0.5, 0.6) is 0 Å². The molecular formula is C17H16Cl2FN5. The predicted octanol–water partition coefficient (Wildman–Crippen LogP) is 4.64. The first-order valence-electron chi connectivity index (χ1n) is 7.67. The molecule has 0 aliphatic rings. The van der Waals surface area contributed by atoms with E-state index in [1.807, 2.05) is 18.7 Å². The van der Waals surface area contributed by atoms with E-state index in [2.05, 4.69) is 21.6 Å². The molecule has 25 heavy (non-hydrogen) atoms. The van der Waals surface area contributed by atoms with Crippen molar-refractivity contribution in [1.82, 2.24) is 19.6 Å². The molecule has 8 heteroatoms. The quantitative estimate of drug-likeness (QED) is 0.478. The van der Waals surface area contributed by atoms with Gasteiger partial charge < -0.3 is 4.90 Å². The van der Waals surface area contributed by atoms with E-state index in [1.54, 1.807) is 12.1 Å². The lowest BCUT2D eigenvalue weighted by molar-refractivity contribution is 0.631. The second-order valence-corrected chi connectivity index (χ2v) is 6.41. The van der Waals surface area contributed by atoms with Crippen molar-refractivity contribution < 1.29 is 4.39 Å². The summed E-state index contributed by atoms with van der Waals surface area (Å²) in [6, 6.07) is 4.49. The first-order valence-corrected chi connectivity index (χ1v) is 8.42. The number of halogens is 3. The number of likely N-dealkylation sites (N-methyl/N-ethyl adjacent to an activating group) is 1. The summed E-state index contributed by atoms with van der Waals surface area (Å²) in [4.78, 5) is 10.3. The van der Waals surface area contributed by atoms with Gasteiger partial charge in [0.15, 0.2) is 0 Å². The molecule has 0 aliphatic carbocycles. The van der Waals surface area contributed by atoms with Crippen molar-refractivity contribution in [1.29, 1.82) is 0 Å². The highest BCUT2D eigenvalue weighted by molar-refractivity contribution is 6.36. The number of hydrogen-bond acceptors (Lipinski definition) is 4. The summed E-state index contributed by atoms with van der Waals surface area (Å²) in [6.45, 7) is 9.03. The molecule has 3 aromatic rings. The van der Waals surface area contributed by atoms with Crippen molar-refractivity contribution in [3.63, 3.8) is 0 Å². The van der Waals surface area contributed by atoms with Crippen molar-refractivity contribution in [3.8, 4) is 11.1 Å². The molecule has 0 aliphatic heterocycles. The van der Waals surface area contributed by atoms with Gasteiger partial charge in [-0.15, -0.1) is 0 Å². The lowest BCUT2D eigenvalue weighted by Gasteiger charge is -2.26. The van der Waals surface area contributed by atoms with Gasteiger partial charge in [-0.2, -0.15) is 19.6 Å². The molecule has 0 amide bonds. The minimum absolute atomic E-state index is 0.114. The summed E-state index contributed by atoms with van der Waals surface area (Å²) in [7, 11) is 0. The molecule has 0 unspecified atom stereocenters. The number of hydrogen-bond donors (Lipinski definition) is 0. The SMILES string of the molecule is C=C(C)CN(CC)c1c(-c2c(F)cccc2Cl)c(Cl)nc2ncnn12. The van der Waals surface area contributed by atoms with Crippen LogP contribution in [0.4, 0.5) is 10.2 Å². The molecule has 0 radical (unpaired) electrons. The third-order valence-electron chi connectivity index (χ3n) is 3.71. The lowest BCUT2D eigenvalue weighted by atomic mass is 10.1. The molecule has 0 saturated carbocycles. The standard InChI is InChI=1S/C17H16Cl2FN5/c1-4-24(8-10(2)3)16-14(13-11(18)6-5-7-12(13)20)15(19)23-17-21-9-22-25(16)17/h5-7,9H,2,4,8H2,1,3H3. The first-order chi connectivity index (χ1) is 11.9. The minimum atomic E-state index is -0.483. The van der Waals surface area contributed by atoms with E-state index < -0.39 is 5.82 Å². The number of benzene rings is 1. The average molecular weight is 380 g/mol. The second kappa shape index (κ2) is 6.98. The Balaban J connectivity index is 2.40. The van der Waals surface area contributed by atoms with Crippen LogP contribution in [0.2, 0.25) is 10.2 Å². The highest BCUT2D eigenvalue weighted by atomic mass is 35.5. The third-order valence-corrected chi connectivity index (χ3v) is 4.30. The van der Waals surface area contributed by atoms with Crippen LogP contribution in [0.3, 0.4) is 0 Å². The smallest absolute Gasteiger partial charge is 0.255 e. The van der Waals surface area contributed by atoms with E-state index in [0.29, 0.717) is 30.2 Å². The zero-order chi connectivity index (χ0) is 18.1. The second-order valence-electron chi connectivity index (χ2n) is 5.64. The fourth-order valence-electron chi connectivity index (χ4n) is 2.71. The fourth-order valence-corrected chi connectivity index (χ4v) is 3.22. The van der Waals surface area contributed by atoms with Crippen molar-refractivity contribution in [2.45, 2.75) is 13.8 Å². The van der Waals surface area contributed by atoms with E-state index >= 15 is 0 Å². The van der Waals surface area contributed by atoms with E-state index in [-0.39, 0.29) is 15.7 Å². The van der Waals surface area contributed by atoms with Crippen LogP contribution < -0.4 is 4.90 Å². The van der Waals surface area contributed by atoms with Crippen LogP contribution in [-0.4, -0.2) is 32.7 Å². The fraction of sp³-hybridized carbons (Fsp3) is 0.235. The first kappa shape index (κ1) is 17.6. The van der Waals surface area contributed by atoms with Gasteiger partial charge in [-0.1, -0.05) is 41.4 Å². The summed E-state index contributed by atoms with van der Waals surface area (Å²) >= 11 is 12.7. The molecule has 2 aromatic heterocycles. The maximum atomic E-state index is 14.6. The van der Waals surface area contributed by atoms with Gasteiger partial charge in [0.2, 0.25) is 0 Å². The van der Waals surface area contributed by atoms with Crippen LogP contribution in [0.25, 0.3) is 16.9 Å². The van der Waals surface area contributed by atoms with Gasteiger partial charge in [-0.3, -0.25) is 0 Å². The van der Waals surface area contributed by atoms with Crippen molar-refractivity contribution in [3.05, 3.63) is 52.7 Å². The highest BCUT2D eigenvalue weighted by Crippen LogP contribution is 2.41. The minimum Gasteiger partial charge on any atom is -0.352 e. The molecule has 2 heterocycles. The Kier molecular flexibility index (Phi) is 4.92. The van der Waals surface area contributed by atoms with Gasteiger partial charge in [-0.25, -0.2) is 4.39 Å². The Morgan fingerprint density at radius 2 is 2.08 bits per heavy atom. The average Bonchev–Trinajstić information content (AvgIpc) is 3.00. The Bertz CT molecular complexity index is 933. The van der Waals surface area contributed by atoms with E-state index in [1.165, 1.54) is 16.9 Å². The molecular weight excluding hydrogens is 364 g/mol. The number of nitrogens with zero attached hydrogens (tertiary/aromatic N) is 5. The van der Waals surface area contributed by atoms with E-state index in [0.717, 1.165) is 5.57 Å². The summed E-state index contributed by atoms with van der Waals surface area (Å²) in [5.74, 6) is 0.421. The molecule has 5 nitrogen and oxygen atoms in total. The van der Waals surface area contributed by atoms with Crippen LogP contribution in [0.15, 0.2) is 36.7 Å². The van der Waals surface area contributed by atoms with Gasteiger partial charge in [0.1, 0.15) is 23.1 Å². The zero-order valence-corrected chi connectivity index (χ0v) is 15.3. The van der Waals surface area contributed by atoms with E-state index in [9.17, 15) is 4.39 Å². The topological polar surface area (TPSA) is 46.3 Å². The molecule has 0 fully saturated rings. The Morgan fingerprint density at radius 3 is 2.72 bits per heavy atom. The van der Waals surface area contributed by atoms with Gasteiger partial charge in [0, 0.05) is 18.7 Å². The molecule has 0 saturated heterocycles. The van der Waals surface area contributed by atoms with Crippen LogP contribution >= 0.6 is 23.2 Å². The van der Waals surface area contributed by atoms with Crippen molar-refractivity contribution in [2.75, 3.05) is 18.0 Å². The largest absolute Gasteiger partial charge is 0.352 e. The van der Waals surface area contributed by atoms with E-state index in [4.69, 9.17) is 23.2 Å². The monoisotopic (exact) mass is 379 g/mol. The normalized spacial score (nSPS) is 11.1. The molecule has 0 N–H and O–H groups in total. The number of anilines is 1. The third kappa shape index (κ3) is 3.19. The van der Waals surface area contributed by atoms with Crippen LogP contribution in [0.1, 0.15) is 13.8 Å². The van der Waals surface area contributed by atoms with Gasteiger partial charge in [-0.05, 0) is 26.0 Å². The molecule has 0 bridgehead atoms. The van der Waals surface area contributed by atoms with Crippen LogP contribution in [-0.2, 0) is 0 Å². The summed E-state index contributed by atoms with van der Waals surface area (Å²) in [5.41, 5.74) is 1.51. The number of rotatable bonds is 5. The van der Waals surface area contributed by atoms with Crippen LogP contribution in [0, 0.1) is 5.82 Å². The maximum absolute atomic E-state index is 14.6. The predicted molar refractivity (Wildman–Crippen MR) is 98.9 cm³/mol. The zero-order valence-electron chi connectivity index (χ0n) is 13.8. The summed E-state index contributed by atoms with van der Waals surface area (Å²) in [5, 5.41) is 4.59. The highest BCUT2D eigenvalue weighted by Gasteiger charge is 2.25. The lowest BCUT2D eigenvalue weighted by Crippen LogP contribution is -2.28. The Hall–Kier alpha value is -2.18. The van der Waals surface area contributed by atoms with Gasteiger partial charge >= 0.3 is 0 Å². The molecule has 3 rings (SSSR count). The summed E-state index contributed by atoms with van der Waals surface area (Å²) in [6.07, 6.45) is 1.38. The summed E-state index contributed by atoms with van der Waals surface area (Å²) < 4.78 is 16.1. The van der Waals surface area contributed by atoms with Gasteiger partial charge in [0.25, 0.3) is 5.78 Å². The number of aromatic nitrogens is 4. The molecule has 1 aromatic carbocycles. The van der Waals surface area contributed by atoms with Gasteiger partial charge in [0.05, 0.1) is 10.6 Å². The van der Waals surface area contributed by atoms with Crippen molar-refractivity contribution >= 4 is 34.8 Å². The Morgan fingerprint density at radius 1 is 1.32 bits per heavy atom. The Labute approximate surface area is 154 Å². The molecule has 0 spiro atoms. The van der Waals surface area contributed by atoms with Crippen molar-refractivity contribution in [2.24, 2.45) is 0 Å². The molecule has 130 valence electrons. The maximum Gasteiger partial charge on any atom is 0.255 e.